The van der Waals surface area contributed by atoms with Crippen molar-refractivity contribution in [1.82, 2.24) is 5.32 Å². The molecule has 0 aromatic carbocycles. The Bertz CT molecular complexity index is 239. The van der Waals surface area contributed by atoms with Gasteiger partial charge in [0, 0.05) is 6.54 Å². The number of thiocarbonyl (C=S) groups is 1. The van der Waals surface area contributed by atoms with Crippen LogP contribution in [0.15, 0.2) is 0 Å². The molecule has 3 nitrogen and oxygen atoms in total. The number of carbonyl (C=O) groups excluding carboxylic acids is 1. The maximum absolute atomic E-state index is 11.6. The van der Waals surface area contributed by atoms with E-state index in [1.807, 2.05) is 6.92 Å². The van der Waals surface area contributed by atoms with Crippen molar-refractivity contribution < 1.29 is 4.79 Å². The lowest BCUT2D eigenvalue weighted by Gasteiger charge is -2.25. The van der Waals surface area contributed by atoms with Crippen molar-refractivity contribution in [3.63, 3.8) is 0 Å². The van der Waals surface area contributed by atoms with Crippen molar-refractivity contribution in [1.29, 1.82) is 0 Å². The summed E-state index contributed by atoms with van der Waals surface area (Å²) in [5.74, 6) is 0.529. The van der Waals surface area contributed by atoms with Gasteiger partial charge in [-0.2, -0.15) is 0 Å². The molecular formula is C11H20N2OS. The van der Waals surface area contributed by atoms with Gasteiger partial charge in [-0.05, 0) is 18.8 Å². The number of nitrogens with one attached hydrogen (secondary N) is 1. The van der Waals surface area contributed by atoms with Gasteiger partial charge in [-0.1, -0.05) is 38.4 Å². The third-order valence-corrected chi connectivity index (χ3v) is 3.43. The van der Waals surface area contributed by atoms with Gasteiger partial charge < -0.3 is 11.1 Å². The van der Waals surface area contributed by atoms with Crippen LogP contribution in [0.1, 0.15) is 39.0 Å². The first-order valence-electron chi connectivity index (χ1n) is 5.72. The highest BCUT2D eigenvalue weighted by atomic mass is 32.1. The molecule has 3 N–H and O–H groups in total. The molecular weight excluding hydrogens is 208 g/mol. The normalized spacial score (nSPS) is 17.9. The molecule has 1 rings (SSSR count). The average Bonchev–Trinajstić information content (AvgIpc) is 2.09. The number of rotatable bonds is 6. The summed E-state index contributed by atoms with van der Waals surface area (Å²) in [4.78, 5) is 11.9. The monoisotopic (exact) mass is 228 g/mol. The number of nitrogens with two attached hydrogens (primary N) is 1. The molecule has 4 heteroatoms. The minimum atomic E-state index is -0.290. The van der Waals surface area contributed by atoms with Crippen LogP contribution in [0.3, 0.4) is 0 Å². The predicted molar refractivity (Wildman–Crippen MR) is 65.5 cm³/mol. The molecule has 1 unspecified atom stereocenters. The smallest absolute Gasteiger partial charge is 0.229 e. The highest BCUT2D eigenvalue weighted by Crippen LogP contribution is 2.28. The molecule has 0 bridgehead atoms. The Balaban J connectivity index is 2.18. The van der Waals surface area contributed by atoms with E-state index < -0.39 is 0 Å². The molecule has 1 amide bonds. The Morgan fingerprint density at radius 2 is 2.27 bits per heavy atom. The van der Waals surface area contributed by atoms with E-state index in [0.717, 1.165) is 18.9 Å². The third kappa shape index (κ3) is 3.78. The summed E-state index contributed by atoms with van der Waals surface area (Å²) in [7, 11) is 0. The van der Waals surface area contributed by atoms with Gasteiger partial charge in [0.2, 0.25) is 5.91 Å². The van der Waals surface area contributed by atoms with E-state index in [1.165, 1.54) is 19.3 Å². The van der Waals surface area contributed by atoms with E-state index in [4.69, 9.17) is 18.0 Å². The SMILES string of the molecule is CCC(C(=O)NCCC1CCC1)C(N)=S. The van der Waals surface area contributed by atoms with Crippen LogP contribution in [-0.2, 0) is 4.79 Å². The molecule has 0 heterocycles. The Morgan fingerprint density at radius 1 is 1.60 bits per heavy atom. The highest BCUT2D eigenvalue weighted by Gasteiger charge is 2.20. The Hall–Kier alpha value is -0.640. The maximum atomic E-state index is 11.6. The Labute approximate surface area is 96.8 Å². The van der Waals surface area contributed by atoms with E-state index in [0.29, 0.717) is 11.4 Å². The van der Waals surface area contributed by atoms with E-state index >= 15 is 0 Å². The number of carbonyl (C=O) groups is 1. The van der Waals surface area contributed by atoms with Crippen LogP contribution in [0.2, 0.25) is 0 Å². The van der Waals surface area contributed by atoms with E-state index in [-0.39, 0.29) is 11.8 Å². The largest absolute Gasteiger partial charge is 0.393 e. The van der Waals surface area contributed by atoms with Crippen molar-refractivity contribution in [2.24, 2.45) is 17.6 Å². The second-order valence-electron chi connectivity index (χ2n) is 4.24. The van der Waals surface area contributed by atoms with Gasteiger partial charge in [-0.15, -0.1) is 0 Å². The van der Waals surface area contributed by atoms with E-state index in [9.17, 15) is 4.79 Å². The van der Waals surface area contributed by atoms with Crippen LogP contribution in [0.5, 0.6) is 0 Å². The molecule has 0 saturated heterocycles. The summed E-state index contributed by atoms with van der Waals surface area (Å²) < 4.78 is 0. The summed E-state index contributed by atoms with van der Waals surface area (Å²) in [5.41, 5.74) is 5.49. The fourth-order valence-electron chi connectivity index (χ4n) is 1.82. The Morgan fingerprint density at radius 3 is 2.67 bits per heavy atom. The standard InChI is InChI=1S/C11H20N2OS/c1-2-9(10(12)15)11(14)13-7-6-8-4-3-5-8/h8-9H,2-7H2,1H3,(H2,12,15)(H,13,14). The molecule has 0 aromatic heterocycles. The van der Waals surface area contributed by atoms with Crippen molar-refractivity contribution in [2.45, 2.75) is 39.0 Å². The summed E-state index contributed by atoms with van der Waals surface area (Å²) >= 11 is 4.85. The molecule has 86 valence electrons. The zero-order valence-electron chi connectivity index (χ0n) is 9.29. The fraction of sp³-hybridized carbons (Fsp3) is 0.818. The Kier molecular flexibility index (Phi) is 5.02. The molecule has 1 aliphatic rings. The van der Waals surface area contributed by atoms with Gasteiger partial charge >= 0.3 is 0 Å². The second-order valence-corrected chi connectivity index (χ2v) is 4.71. The number of hydrogen-bond donors (Lipinski definition) is 2. The van der Waals surface area contributed by atoms with Crippen molar-refractivity contribution >= 4 is 23.1 Å². The van der Waals surface area contributed by atoms with Crippen molar-refractivity contribution in [3.8, 4) is 0 Å². The van der Waals surface area contributed by atoms with Crippen molar-refractivity contribution in [3.05, 3.63) is 0 Å². The molecule has 1 atom stereocenters. The minimum absolute atomic E-state index is 0.00989. The molecule has 1 aliphatic carbocycles. The number of amides is 1. The summed E-state index contributed by atoms with van der Waals surface area (Å²) in [6, 6.07) is 0. The van der Waals surface area contributed by atoms with Crippen LogP contribution in [0, 0.1) is 11.8 Å². The quantitative estimate of drug-likeness (QED) is 0.679. The molecule has 1 fully saturated rings. The average molecular weight is 228 g/mol. The first-order valence-corrected chi connectivity index (χ1v) is 6.13. The van der Waals surface area contributed by atoms with Gasteiger partial charge in [0.1, 0.15) is 0 Å². The molecule has 0 spiro atoms. The summed E-state index contributed by atoms with van der Waals surface area (Å²) in [5, 5.41) is 2.91. The van der Waals surface area contributed by atoms with Crippen LogP contribution < -0.4 is 11.1 Å². The van der Waals surface area contributed by atoms with Crippen molar-refractivity contribution in [2.75, 3.05) is 6.54 Å². The molecule has 1 saturated carbocycles. The second kappa shape index (κ2) is 6.05. The zero-order chi connectivity index (χ0) is 11.3. The fourth-order valence-corrected chi connectivity index (χ4v) is 2.09. The number of hydrogen-bond acceptors (Lipinski definition) is 2. The predicted octanol–water partition coefficient (Wildman–Crippen LogP) is 1.61. The highest BCUT2D eigenvalue weighted by molar-refractivity contribution is 7.80. The summed E-state index contributed by atoms with van der Waals surface area (Å²) in [6.07, 6.45) is 5.78. The van der Waals surface area contributed by atoms with Gasteiger partial charge in [-0.25, -0.2) is 0 Å². The van der Waals surface area contributed by atoms with Gasteiger partial charge in [0.15, 0.2) is 0 Å². The van der Waals surface area contributed by atoms with Crippen LogP contribution in [-0.4, -0.2) is 17.4 Å². The minimum Gasteiger partial charge on any atom is -0.393 e. The molecule has 0 aliphatic heterocycles. The molecule has 0 radical (unpaired) electrons. The van der Waals surface area contributed by atoms with Gasteiger partial charge in [-0.3, -0.25) is 4.79 Å². The van der Waals surface area contributed by atoms with E-state index in [2.05, 4.69) is 5.32 Å². The van der Waals surface area contributed by atoms with Crippen LogP contribution in [0.25, 0.3) is 0 Å². The lowest BCUT2D eigenvalue weighted by atomic mass is 9.83. The first-order chi connectivity index (χ1) is 7.15. The zero-order valence-corrected chi connectivity index (χ0v) is 10.1. The van der Waals surface area contributed by atoms with E-state index in [1.54, 1.807) is 0 Å². The molecule has 15 heavy (non-hydrogen) atoms. The van der Waals surface area contributed by atoms with Crippen LogP contribution >= 0.6 is 12.2 Å². The first kappa shape index (κ1) is 12.4. The van der Waals surface area contributed by atoms with Gasteiger partial charge in [0.05, 0.1) is 10.9 Å². The maximum Gasteiger partial charge on any atom is 0.229 e. The van der Waals surface area contributed by atoms with Gasteiger partial charge in [0.25, 0.3) is 0 Å². The molecule has 0 aromatic rings. The van der Waals surface area contributed by atoms with Crippen LogP contribution in [0.4, 0.5) is 0 Å². The lowest BCUT2D eigenvalue weighted by molar-refractivity contribution is -0.123. The lowest BCUT2D eigenvalue weighted by Crippen LogP contribution is -2.38. The third-order valence-electron chi connectivity index (χ3n) is 3.14. The summed E-state index contributed by atoms with van der Waals surface area (Å²) in [6.45, 7) is 2.69. The topological polar surface area (TPSA) is 55.1 Å².